The molecule has 1 N–H and O–H groups in total. The molecule has 5 nitrogen and oxygen atoms in total. The van der Waals surface area contributed by atoms with Gasteiger partial charge in [0.2, 0.25) is 10.0 Å². The summed E-state index contributed by atoms with van der Waals surface area (Å²) in [4.78, 5) is 10.7. The summed E-state index contributed by atoms with van der Waals surface area (Å²) in [6, 6.07) is 2.88. The zero-order valence-corrected chi connectivity index (χ0v) is 12.7. The Kier molecular flexibility index (Phi) is 4.34. The third kappa shape index (κ3) is 3.08. The normalized spacial score (nSPS) is 24.0. The average Bonchev–Trinajstić information content (AvgIpc) is 2.41. The van der Waals surface area contributed by atoms with E-state index >= 15 is 0 Å². The number of halogens is 1. The molecule has 21 heavy (non-hydrogen) atoms. The minimum atomic E-state index is -3.79. The third-order valence-corrected chi connectivity index (χ3v) is 5.96. The third-order valence-electron chi connectivity index (χ3n) is 4.10. The maximum Gasteiger partial charge on any atom is 0.338 e. The Balaban J connectivity index is 2.36. The van der Waals surface area contributed by atoms with Gasteiger partial charge < -0.3 is 5.11 Å². The highest BCUT2D eigenvalue weighted by Gasteiger charge is 2.32. The van der Waals surface area contributed by atoms with Crippen LogP contribution in [0.3, 0.4) is 0 Å². The Morgan fingerprint density at radius 3 is 2.57 bits per heavy atom. The largest absolute Gasteiger partial charge is 0.478 e. The van der Waals surface area contributed by atoms with Crippen LogP contribution in [0.1, 0.15) is 30.6 Å². The molecule has 1 aromatic rings. The Morgan fingerprint density at radius 2 is 2.00 bits per heavy atom. The Labute approximate surface area is 123 Å². The molecule has 0 aliphatic carbocycles. The molecular formula is C14H18FNO4S. The topological polar surface area (TPSA) is 74.7 Å². The van der Waals surface area contributed by atoms with Gasteiger partial charge in [0.05, 0.1) is 10.5 Å². The number of nitrogens with zero attached hydrogens (tertiary/aromatic N) is 1. The van der Waals surface area contributed by atoms with Crippen molar-refractivity contribution >= 4 is 16.0 Å². The number of aromatic carboxylic acids is 1. The second kappa shape index (κ2) is 5.73. The van der Waals surface area contributed by atoms with Crippen molar-refractivity contribution in [2.75, 3.05) is 13.1 Å². The van der Waals surface area contributed by atoms with Gasteiger partial charge >= 0.3 is 5.97 Å². The van der Waals surface area contributed by atoms with Gasteiger partial charge in [-0.05, 0) is 36.5 Å². The van der Waals surface area contributed by atoms with Crippen molar-refractivity contribution < 1.29 is 22.7 Å². The van der Waals surface area contributed by atoms with Crippen molar-refractivity contribution in [3.8, 4) is 0 Å². The summed E-state index contributed by atoms with van der Waals surface area (Å²) in [5.74, 6) is -1.75. The average molecular weight is 315 g/mol. The smallest absolute Gasteiger partial charge is 0.338 e. The first-order chi connectivity index (χ1) is 9.73. The second-order valence-corrected chi connectivity index (χ2v) is 7.49. The first-order valence-electron chi connectivity index (χ1n) is 6.76. The molecule has 1 fully saturated rings. The zero-order valence-electron chi connectivity index (χ0n) is 11.9. The molecule has 0 radical (unpaired) electrons. The fourth-order valence-corrected chi connectivity index (χ4v) is 4.00. The molecule has 0 spiro atoms. The van der Waals surface area contributed by atoms with Crippen molar-refractivity contribution in [1.29, 1.82) is 0 Å². The van der Waals surface area contributed by atoms with Gasteiger partial charge in [0.15, 0.2) is 0 Å². The van der Waals surface area contributed by atoms with Gasteiger partial charge in [-0.1, -0.05) is 13.8 Å². The van der Waals surface area contributed by atoms with Crippen molar-refractivity contribution in [3.63, 3.8) is 0 Å². The quantitative estimate of drug-likeness (QED) is 0.928. The van der Waals surface area contributed by atoms with Crippen molar-refractivity contribution in [2.45, 2.75) is 25.2 Å². The van der Waals surface area contributed by atoms with Crippen LogP contribution in [0.25, 0.3) is 0 Å². The molecule has 1 aliphatic heterocycles. The number of hydrogen-bond acceptors (Lipinski definition) is 3. The van der Waals surface area contributed by atoms with Crippen LogP contribution >= 0.6 is 0 Å². The van der Waals surface area contributed by atoms with E-state index in [-0.39, 0.29) is 10.8 Å². The molecule has 2 atom stereocenters. The van der Waals surface area contributed by atoms with Crippen LogP contribution in [-0.2, 0) is 10.0 Å². The number of carboxylic acids is 1. The number of sulfonamides is 1. The number of benzene rings is 1. The van der Waals surface area contributed by atoms with Gasteiger partial charge in [-0.25, -0.2) is 17.6 Å². The lowest BCUT2D eigenvalue weighted by Crippen LogP contribution is -2.42. The lowest BCUT2D eigenvalue weighted by molar-refractivity contribution is 0.0691. The molecule has 2 unspecified atom stereocenters. The molecule has 0 amide bonds. The van der Waals surface area contributed by atoms with E-state index in [1.54, 1.807) is 0 Å². The van der Waals surface area contributed by atoms with E-state index < -0.39 is 27.4 Å². The summed E-state index contributed by atoms with van der Waals surface area (Å²) >= 11 is 0. The van der Waals surface area contributed by atoms with Crippen LogP contribution in [0.4, 0.5) is 4.39 Å². The molecule has 1 saturated heterocycles. The van der Waals surface area contributed by atoms with Crippen LogP contribution < -0.4 is 0 Å². The molecular weight excluding hydrogens is 297 g/mol. The van der Waals surface area contributed by atoms with Crippen molar-refractivity contribution in [3.05, 3.63) is 29.6 Å². The number of piperidine rings is 1. The summed E-state index contributed by atoms with van der Waals surface area (Å²) in [5, 5.41) is 8.89. The van der Waals surface area contributed by atoms with Crippen LogP contribution in [0, 0.1) is 17.7 Å². The first-order valence-corrected chi connectivity index (χ1v) is 8.20. The first kappa shape index (κ1) is 15.9. The van der Waals surface area contributed by atoms with Crippen molar-refractivity contribution in [2.24, 2.45) is 11.8 Å². The van der Waals surface area contributed by atoms with Gasteiger partial charge in [-0.3, -0.25) is 0 Å². The molecule has 1 heterocycles. The van der Waals surface area contributed by atoms with Gasteiger partial charge in [0.25, 0.3) is 0 Å². The standard InChI is InChI=1S/C14H18FNO4S/c1-9-5-6-16(8-10(9)2)21(19,20)11-3-4-13(15)12(7-11)14(17)18/h3-4,7,9-10H,5-6,8H2,1-2H3,(H,17,18). The molecule has 2 rings (SSSR count). The minimum Gasteiger partial charge on any atom is -0.478 e. The predicted molar refractivity (Wildman–Crippen MR) is 75.1 cm³/mol. The molecule has 1 aromatic carbocycles. The highest BCUT2D eigenvalue weighted by Crippen LogP contribution is 2.28. The van der Waals surface area contributed by atoms with E-state index in [0.717, 1.165) is 24.6 Å². The molecule has 0 aromatic heterocycles. The maximum atomic E-state index is 13.4. The Hall–Kier alpha value is -1.47. The van der Waals surface area contributed by atoms with Crippen LogP contribution in [0.5, 0.6) is 0 Å². The maximum absolute atomic E-state index is 13.4. The van der Waals surface area contributed by atoms with Gasteiger partial charge in [-0.15, -0.1) is 0 Å². The fourth-order valence-electron chi connectivity index (χ4n) is 2.42. The number of hydrogen-bond donors (Lipinski definition) is 1. The summed E-state index contributed by atoms with van der Waals surface area (Å²) < 4.78 is 39.8. The van der Waals surface area contributed by atoms with Crippen LogP contribution in [-0.4, -0.2) is 36.9 Å². The molecule has 1 aliphatic rings. The van der Waals surface area contributed by atoms with E-state index in [2.05, 4.69) is 6.92 Å². The van der Waals surface area contributed by atoms with E-state index in [1.165, 1.54) is 4.31 Å². The lowest BCUT2D eigenvalue weighted by Gasteiger charge is -2.34. The highest BCUT2D eigenvalue weighted by atomic mass is 32.2. The van der Waals surface area contributed by atoms with E-state index in [1.807, 2.05) is 6.92 Å². The Morgan fingerprint density at radius 1 is 1.33 bits per heavy atom. The molecule has 116 valence electrons. The number of carboxylic acid groups (broad SMARTS) is 1. The minimum absolute atomic E-state index is 0.178. The van der Waals surface area contributed by atoms with Gasteiger partial charge in [0.1, 0.15) is 5.82 Å². The second-order valence-electron chi connectivity index (χ2n) is 5.55. The molecule has 0 saturated carbocycles. The zero-order chi connectivity index (χ0) is 15.8. The number of rotatable bonds is 3. The van der Waals surface area contributed by atoms with E-state index in [9.17, 15) is 17.6 Å². The molecule has 0 bridgehead atoms. The highest BCUT2D eigenvalue weighted by molar-refractivity contribution is 7.89. The van der Waals surface area contributed by atoms with Crippen LogP contribution in [0.15, 0.2) is 23.1 Å². The van der Waals surface area contributed by atoms with Crippen molar-refractivity contribution in [1.82, 2.24) is 4.31 Å². The summed E-state index contributed by atoms with van der Waals surface area (Å²) in [5.41, 5.74) is -0.630. The fraction of sp³-hybridized carbons (Fsp3) is 0.500. The lowest BCUT2D eigenvalue weighted by atomic mass is 9.90. The monoisotopic (exact) mass is 315 g/mol. The van der Waals surface area contributed by atoms with E-state index in [0.29, 0.717) is 19.0 Å². The molecule has 7 heteroatoms. The number of carbonyl (C=O) groups is 1. The van der Waals surface area contributed by atoms with Crippen LogP contribution in [0.2, 0.25) is 0 Å². The summed E-state index contributed by atoms with van der Waals surface area (Å²) in [6.07, 6.45) is 0.757. The SMILES string of the molecule is CC1CCN(S(=O)(=O)c2ccc(F)c(C(=O)O)c2)CC1C. The summed E-state index contributed by atoms with van der Waals surface area (Å²) in [7, 11) is -3.79. The Bertz CT molecular complexity index is 659. The van der Waals surface area contributed by atoms with Gasteiger partial charge in [-0.2, -0.15) is 4.31 Å². The van der Waals surface area contributed by atoms with E-state index in [4.69, 9.17) is 5.11 Å². The van der Waals surface area contributed by atoms with Gasteiger partial charge in [0, 0.05) is 13.1 Å². The predicted octanol–water partition coefficient (Wildman–Crippen LogP) is 2.19. The summed E-state index contributed by atoms with van der Waals surface area (Å²) in [6.45, 7) is 4.85.